The SMILES string of the molecule is O=C(CCC(=O)c1ccc2c(c1)OCCO2)Nc1cccc2c1CCCC2. The molecule has 4 rings (SSSR count). The van der Waals surface area contributed by atoms with Gasteiger partial charge in [0.2, 0.25) is 5.91 Å². The molecule has 0 fully saturated rings. The van der Waals surface area contributed by atoms with Gasteiger partial charge in [0, 0.05) is 24.1 Å². The van der Waals surface area contributed by atoms with Crippen LogP contribution in [0.15, 0.2) is 36.4 Å². The first-order chi connectivity index (χ1) is 13.2. The number of hydrogen-bond donors (Lipinski definition) is 1. The molecule has 0 saturated heterocycles. The molecule has 1 amide bonds. The van der Waals surface area contributed by atoms with Gasteiger partial charge < -0.3 is 14.8 Å². The van der Waals surface area contributed by atoms with Crippen LogP contribution in [0, 0.1) is 0 Å². The molecular formula is C22H23NO4. The van der Waals surface area contributed by atoms with Gasteiger partial charge in [-0.1, -0.05) is 12.1 Å². The third kappa shape index (κ3) is 3.97. The Kier molecular flexibility index (Phi) is 5.10. The molecular weight excluding hydrogens is 342 g/mol. The van der Waals surface area contributed by atoms with Crippen molar-refractivity contribution in [1.29, 1.82) is 0 Å². The van der Waals surface area contributed by atoms with Crippen LogP contribution in [0.5, 0.6) is 11.5 Å². The Bertz CT molecular complexity index is 875. The second kappa shape index (κ2) is 7.82. The number of hydrogen-bond acceptors (Lipinski definition) is 4. The molecule has 27 heavy (non-hydrogen) atoms. The summed E-state index contributed by atoms with van der Waals surface area (Å²) in [6, 6.07) is 11.2. The number of carbonyl (C=O) groups excluding carboxylic acids is 2. The summed E-state index contributed by atoms with van der Waals surface area (Å²) in [4.78, 5) is 24.8. The Morgan fingerprint density at radius 1 is 0.926 bits per heavy atom. The quantitative estimate of drug-likeness (QED) is 0.815. The molecule has 0 spiro atoms. The minimum atomic E-state index is -0.125. The van der Waals surface area contributed by atoms with E-state index >= 15 is 0 Å². The van der Waals surface area contributed by atoms with Crippen LogP contribution in [0.25, 0.3) is 0 Å². The van der Waals surface area contributed by atoms with Crippen LogP contribution < -0.4 is 14.8 Å². The number of anilines is 1. The number of nitrogens with one attached hydrogen (secondary N) is 1. The monoisotopic (exact) mass is 365 g/mol. The molecule has 1 aliphatic heterocycles. The minimum absolute atomic E-state index is 0.0720. The average Bonchev–Trinajstić information content (AvgIpc) is 2.72. The van der Waals surface area contributed by atoms with Crippen molar-refractivity contribution in [3.05, 3.63) is 53.1 Å². The molecule has 0 bridgehead atoms. The van der Waals surface area contributed by atoms with Gasteiger partial charge in [0.05, 0.1) is 0 Å². The van der Waals surface area contributed by atoms with E-state index in [1.54, 1.807) is 18.2 Å². The van der Waals surface area contributed by atoms with E-state index in [2.05, 4.69) is 11.4 Å². The lowest BCUT2D eigenvalue weighted by Crippen LogP contribution is -2.17. The van der Waals surface area contributed by atoms with Crippen LogP contribution in [0.1, 0.15) is 47.2 Å². The molecule has 5 heteroatoms. The van der Waals surface area contributed by atoms with Crippen molar-refractivity contribution in [2.24, 2.45) is 0 Å². The van der Waals surface area contributed by atoms with Gasteiger partial charge in [-0.25, -0.2) is 0 Å². The number of aryl methyl sites for hydroxylation is 1. The average molecular weight is 365 g/mol. The van der Waals surface area contributed by atoms with Gasteiger partial charge in [-0.3, -0.25) is 9.59 Å². The fourth-order valence-electron chi connectivity index (χ4n) is 3.70. The third-order valence-corrected chi connectivity index (χ3v) is 5.11. The summed E-state index contributed by atoms with van der Waals surface area (Å²) in [5.74, 6) is 1.05. The van der Waals surface area contributed by atoms with Crippen molar-refractivity contribution < 1.29 is 19.1 Å². The number of amides is 1. The largest absolute Gasteiger partial charge is 0.486 e. The summed E-state index contributed by atoms with van der Waals surface area (Å²) in [6.07, 6.45) is 4.76. The lowest BCUT2D eigenvalue weighted by Gasteiger charge is -2.19. The van der Waals surface area contributed by atoms with E-state index in [0.29, 0.717) is 30.3 Å². The number of fused-ring (bicyclic) bond motifs is 2. The molecule has 0 aromatic heterocycles. The summed E-state index contributed by atoms with van der Waals surface area (Å²) >= 11 is 0. The summed E-state index contributed by atoms with van der Waals surface area (Å²) in [5, 5.41) is 2.99. The van der Waals surface area contributed by atoms with Crippen molar-refractivity contribution >= 4 is 17.4 Å². The highest BCUT2D eigenvalue weighted by Gasteiger charge is 2.17. The Morgan fingerprint density at radius 2 is 1.74 bits per heavy atom. The molecule has 0 saturated carbocycles. The normalized spacial score (nSPS) is 15.0. The first-order valence-electron chi connectivity index (χ1n) is 9.54. The lowest BCUT2D eigenvalue weighted by molar-refractivity contribution is -0.116. The van der Waals surface area contributed by atoms with Crippen LogP contribution in [0.3, 0.4) is 0 Å². The molecule has 1 heterocycles. The highest BCUT2D eigenvalue weighted by molar-refractivity contribution is 6.00. The zero-order valence-electron chi connectivity index (χ0n) is 15.3. The first-order valence-corrected chi connectivity index (χ1v) is 9.54. The van der Waals surface area contributed by atoms with Crippen molar-refractivity contribution in [3.8, 4) is 11.5 Å². The Hall–Kier alpha value is -2.82. The van der Waals surface area contributed by atoms with Crippen LogP contribution in [-0.4, -0.2) is 24.9 Å². The van der Waals surface area contributed by atoms with E-state index < -0.39 is 0 Å². The van der Waals surface area contributed by atoms with E-state index in [9.17, 15) is 9.59 Å². The predicted octanol–water partition coefficient (Wildman–Crippen LogP) is 3.94. The summed E-state index contributed by atoms with van der Waals surface area (Å²) in [6.45, 7) is 0.998. The maximum absolute atomic E-state index is 12.4. The predicted molar refractivity (Wildman–Crippen MR) is 103 cm³/mol. The molecule has 2 aliphatic rings. The number of ketones is 1. The van der Waals surface area contributed by atoms with Crippen molar-refractivity contribution in [3.63, 3.8) is 0 Å². The Morgan fingerprint density at radius 3 is 2.63 bits per heavy atom. The van der Waals surface area contributed by atoms with Crippen LogP contribution in [0.2, 0.25) is 0 Å². The minimum Gasteiger partial charge on any atom is -0.486 e. The number of benzene rings is 2. The smallest absolute Gasteiger partial charge is 0.224 e. The van der Waals surface area contributed by atoms with Crippen molar-refractivity contribution in [2.75, 3.05) is 18.5 Å². The van der Waals surface area contributed by atoms with E-state index in [1.807, 2.05) is 12.1 Å². The van der Waals surface area contributed by atoms with E-state index in [4.69, 9.17) is 9.47 Å². The highest BCUT2D eigenvalue weighted by Crippen LogP contribution is 2.31. The number of carbonyl (C=O) groups is 2. The molecule has 1 N–H and O–H groups in total. The number of ether oxygens (including phenoxy) is 2. The van der Waals surface area contributed by atoms with E-state index in [0.717, 1.165) is 24.9 Å². The fraction of sp³-hybridized carbons (Fsp3) is 0.364. The molecule has 5 nitrogen and oxygen atoms in total. The number of rotatable bonds is 5. The van der Waals surface area contributed by atoms with Gasteiger partial charge in [-0.05, 0) is 61.1 Å². The number of Topliss-reactive ketones (excluding diaryl/α,β-unsaturated/α-hetero) is 1. The zero-order valence-corrected chi connectivity index (χ0v) is 15.3. The molecule has 0 radical (unpaired) electrons. The first kappa shape index (κ1) is 17.6. The topological polar surface area (TPSA) is 64.6 Å². The summed E-state index contributed by atoms with van der Waals surface area (Å²) < 4.78 is 11.0. The second-order valence-electron chi connectivity index (χ2n) is 6.98. The highest BCUT2D eigenvalue weighted by atomic mass is 16.6. The Balaban J connectivity index is 1.36. The third-order valence-electron chi connectivity index (χ3n) is 5.11. The zero-order chi connectivity index (χ0) is 18.6. The Labute approximate surface area is 158 Å². The van der Waals surface area contributed by atoms with Gasteiger partial charge in [-0.2, -0.15) is 0 Å². The molecule has 0 unspecified atom stereocenters. The molecule has 2 aromatic rings. The van der Waals surface area contributed by atoms with Crippen molar-refractivity contribution in [2.45, 2.75) is 38.5 Å². The van der Waals surface area contributed by atoms with Gasteiger partial charge >= 0.3 is 0 Å². The van der Waals surface area contributed by atoms with Crippen LogP contribution in [-0.2, 0) is 17.6 Å². The van der Waals surface area contributed by atoms with Gasteiger partial charge in [-0.15, -0.1) is 0 Å². The fourth-order valence-corrected chi connectivity index (χ4v) is 3.70. The van der Waals surface area contributed by atoms with Gasteiger partial charge in [0.25, 0.3) is 0 Å². The molecule has 140 valence electrons. The van der Waals surface area contributed by atoms with Crippen molar-refractivity contribution in [1.82, 2.24) is 0 Å². The van der Waals surface area contributed by atoms with E-state index in [1.165, 1.54) is 17.5 Å². The molecule has 2 aromatic carbocycles. The van der Waals surface area contributed by atoms with E-state index in [-0.39, 0.29) is 24.5 Å². The summed E-state index contributed by atoms with van der Waals surface area (Å²) in [7, 11) is 0. The molecule has 0 atom stereocenters. The maximum Gasteiger partial charge on any atom is 0.224 e. The van der Waals surface area contributed by atoms with Gasteiger partial charge in [0.1, 0.15) is 13.2 Å². The van der Waals surface area contributed by atoms with Crippen LogP contribution in [0.4, 0.5) is 5.69 Å². The standard InChI is InChI=1S/C22H23NO4/c24-19(16-8-10-20-21(14-16)27-13-12-26-20)9-11-22(25)23-18-7-3-5-15-4-1-2-6-17(15)18/h3,5,7-8,10,14H,1-2,4,6,9,11-13H2,(H,23,25). The maximum atomic E-state index is 12.4. The van der Waals surface area contributed by atoms with Crippen LogP contribution >= 0.6 is 0 Å². The van der Waals surface area contributed by atoms with Gasteiger partial charge in [0.15, 0.2) is 17.3 Å². The molecule has 1 aliphatic carbocycles. The summed E-state index contributed by atoms with van der Waals surface area (Å²) in [5.41, 5.74) is 4.01. The second-order valence-corrected chi connectivity index (χ2v) is 6.98. The lowest BCUT2D eigenvalue weighted by atomic mass is 9.90.